The van der Waals surface area contributed by atoms with Crippen molar-refractivity contribution in [2.24, 2.45) is 11.7 Å². The van der Waals surface area contributed by atoms with Crippen molar-refractivity contribution in [3.05, 3.63) is 34.9 Å². The molecule has 2 heteroatoms. The van der Waals surface area contributed by atoms with E-state index >= 15 is 0 Å². The zero-order valence-electron chi connectivity index (χ0n) is 12.8. The van der Waals surface area contributed by atoms with Gasteiger partial charge in [-0.05, 0) is 62.8 Å². The van der Waals surface area contributed by atoms with Crippen LogP contribution < -0.4 is 5.73 Å². The average molecular weight is 260 g/mol. The number of nitrogens with zero attached hydrogens (tertiary/aromatic N) is 1. The molecule has 1 aromatic rings. The number of hydrogen-bond acceptors (Lipinski definition) is 2. The van der Waals surface area contributed by atoms with Gasteiger partial charge in [0.25, 0.3) is 0 Å². The minimum absolute atomic E-state index is 0.372. The molecule has 2 nitrogen and oxygen atoms in total. The summed E-state index contributed by atoms with van der Waals surface area (Å²) in [6.07, 6.45) is 2.65. The molecule has 0 aromatic heterocycles. The van der Waals surface area contributed by atoms with E-state index in [9.17, 15) is 0 Å². The van der Waals surface area contributed by atoms with Crippen LogP contribution in [0.25, 0.3) is 0 Å². The van der Waals surface area contributed by atoms with Crippen LogP contribution in [-0.4, -0.2) is 24.0 Å². The number of piperidine rings is 1. The van der Waals surface area contributed by atoms with Crippen LogP contribution in [0.15, 0.2) is 18.2 Å². The summed E-state index contributed by atoms with van der Waals surface area (Å²) in [4.78, 5) is 2.61. The first-order valence-corrected chi connectivity index (χ1v) is 7.57. The first-order chi connectivity index (χ1) is 9.04. The lowest BCUT2D eigenvalue weighted by atomic mass is 9.89. The van der Waals surface area contributed by atoms with E-state index in [2.05, 4.69) is 50.8 Å². The van der Waals surface area contributed by atoms with Crippen molar-refractivity contribution in [2.45, 2.75) is 52.6 Å². The van der Waals surface area contributed by atoms with Crippen LogP contribution in [0.3, 0.4) is 0 Å². The summed E-state index contributed by atoms with van der Waals surface area (Å²) in [6, 6.07) is 7.80. The van der Waals surface area contributed by atoms with Crippen molar-refractivity contribution >= 4 is 0 Å². The van der Waals surface area contributed by atoms with Crippen molar-refractivity contribution in [3.63, 3.8) is 0 Å². The Morgan fingerprint density at radius 3 is 2.63 bits per heavy atom. The minimum atomic E-state index is 0.372. The van der Waals surface area contributed by atoms with E-state index in [-0.39, 0.29) is 0 Å². The largest absolute Gasteiger partial charge is 0.329 e. The molecule has 0 radical (unpaired) electrons. The predicted molar refractivity (Wildman–Crippen MR) is 82.3 cm³/mol. The number of hydrogen-bond donors (Lipinski definition) is 1. The highest BCUT2D eigenvalue weighted by Crippen LogP contribution is 2.31. The van der Waals surface area contributed by atoms with Crippen LogP contribution in [0, 0.1) is 19.8 Å². The third kappa shape index (κ3) is 3.01. The Balaban J connectivity index is 2.25. The van der Waals surface area contributed by atoms with Crippen LogP contribution in [0.4, 0.5) is 0 Å². The zero-order chi connectivity index (χ0) is 14.0. The van der Waals surface area contributed by atoms with E-state index in [1.165, 1.54) is 36.1 Å². The molecule has 1 aromatic carbocycles. The van der Waals surface area contributed by atoms with Crippen LogP contribution in [0.1, 0.15) is 49.4 Å². The molecule has 0 saturated carbocycles. The molecule has 19 heavy (non-hydrogen) atoms. The number of aryl methyl sites for hydroxylation is 2. The highest BCUT2D eigenvalue weighted by Gasteiger charge is 2.30. The Hall–Kier alpha value is -0.860. The number of likely N-dealkylation sites (tertiary alicyclic amines) is 1. The summed E-state index contributed by atoms with van der Waals surface area (Å²) in [5, 5.41) is 0. The molecular formula is C17H28N2. The van der Waals surface area contributed by atoms with Gasteiger partial charge >= 0.3 is 0 Å². The Morgan fingerprint density at radius 2 is 2.00 bits per heavy atom. The fraction of sp³-hybridized carbons (Fsp3) is 0.647. The smallest absolute Gasteiger partial charge is 0.0473 e. The standard InChI is InChI=1S/C17H28N2/c1-12-7-8-16(10-14(12)3)17(11-18)19-9-5-6-13(2)15(19)4/h7-8,10,13,15,17H,5-6,9,11,18H2,1-4H3. The third-order valence-corrected chi connectivity index (χ3v) is 4.96. The molecule has 1 heterocycles. The maximum atomic E-state index is 6.09. The summed E-state index contributed by atoms with van der Waals surface area (Å²) < 4.78 is 0. The molecule has 3 atom stereocenters. The summed E-state index contributed by atoms with van der Waals surface area (Å²) in [5.74, 6) is 0.773. The lowest BCUT2D eigenvalue weighted by Gasteiger charge is -2.43. The van der Waals surface area contributed by atoms with Gasteiger partial charge in [0.2, 0.25) is 0 Å². The van der Waals surface area contributed by atoms with E-state index in [4.69, 9.17) is 5.73 Å². The summed E-state index contributed by atoms with van der Waals surface area (Å²) in [6.45, 7) is 11.0. The van der Waals surface area contributed by atoms with E-state index < -0.39 is 0 Å². The first-order valence-electron chi connectivity index (χ1n) is 7.57. The van der Waals surface area contributed by atoms with Crippen LogP contribution in [0.2, 0.25) is 0 Å². The Labute approximate surface area is 118 Å². The molecule has 0 amide bonds. The second kappa shape index (κ2) is 6.06. The van der Waals surface area contributed by atoms with Gasteiger partial charge in [0.05, 0.1) is 0 Å². The topological polar surface area (TPSA) is 29.3 Å². The maximum Gasteiger partial charge on any atom is 0.0473 e. The molecule has 1 fully saturated rings. The monoisotopic (exact) mass is 260 g/mol. The number of rotatable bonds is 3. The molecular weight excluding hydrogens is 232 g/mol. The fourth-order valence-electron chi connectivity index (χ4n) is 3.24. The van der Waals surface area contributed by atoms with Gasteiger partial charge in [0, 0.05) is 18.6 Å². The van der Waals surface area contributed by atoms with Crippen LogP contribution in [0.5, 0.6) is 0 Å². The number of benzene rings is 1. The van der Waals surface area contributed by atoms with Gasteiger partial charge in [-0.2, -0.15) is 0 Å². The summed E-state index contributed by atoms with van der Waals surface area (Å²) in [7, 11) is 0. The molecule has 3 unspecified atom stereocenters. The van der Waals surface area contributed by atoms with Crippen molar-refractivity contribution < 1.29 is 0 Å². The molecule has 2 N–H and O–H groups in total. The lowest BCUT2D eigenvalue weighted by Crippen LogP contribution is -2.46. The molecule has 0 aliphatic carbocycles. The molecule has 0 bridgehead atoms. The summed E-state index contributed by atoms with van der Waals surface area (Å²) >= 11 is 0. The van der Waals surface area contributed by atoms with E-state index in [1.807, 2.05) is 0 Å². The van der Waals surface area contributed by atoms with Gasteiger partial charge < -0.3 is 5.73 Å². The highest BCUT2D eigenvalue weighted by molar-refractivity contribution is 5.32. The molecule has 2 rings (SSSR count). The van der Waals surface area contributed by atoms with Crippen molar-refractivity contribution in [1.29, 1.82) is 0 Å². The van der Waals surface area contributed by atoms with Crippen molar-refractivity contribution in [1.82, 2.24) is 4.90 Å². The van der Waals surface area contributed by atoms with Gasteiger partial charge in [0.1, 0.15) is 0 Å². The van der Waals surface area contributed by atoms with Crippen molar-refractivity contribution in [3.8, 4) is 0 Å². The Bertz CT molecular complexity index is 427. The van der Waals surface area contributed by atoms with Crippen LogP contribution in [-0.2, 0) is 0 Å². The van der Waals surface area contributed by atoms with Crippen LogP contribution >= 0.6 is 0 Å². The highest BCUT2D eigenvalue weighted by atomic mass is 15.2. The number of nitrogens with two attached hydrogens (primary N) is 1. The van der Waals surface area contributed by atoms with Gasteiger partial charge in [-0.1, -0.05) is 25.1 Å². The minimum Gasteiger partial charge on any atom is -0.329 e. The van der Waals surface area contributed by atoms with Crippen molar-refractivity contribution in [2.75, 3.05) is 13.1 Å². The second-order valence-corrected chi connectivity index (χ2v) is 6.19. The Kier molecular flexibility index (Phi) is 4.64. The fourth-order valence-corrected chi connectivity index (χ4v) is 3.24. The normalized spacial score (nSPS) is 26.4. The molecule has 1 saturated heterocycles. The van der Waals surface area contributed by atoms with Gasteiger partial charge in [0.15, 0.2) is 0 Å². The van der Waals surface area contributed by atoms with E-state index in [0.717, 1.165) is 5.92 Å². The average Bonchev–Trinajstić information content (AvgIpc) is 2.39. The van der Waals surface area contributed by atoms with Gasteiger partial charge in [-0.15, -0.1) is 0 Å². The molecule has 1 aliphatic heterocycles. The lowest BCUT2D eigenvalue weighted by molar-refractivity contribution is 0.0709. The Morgan fingerprint density at radius 1 is 1.26 bits per heavy atom. The molecule has 0 spiro atoms. The van der Waals surface area contributed by atoms with E-state index in [0.29, 0.717) is 18.6 Å². The third-order valence-electron chi connectivity index (χ3n) is 4.96. The quantitative estimate of drug-likeness (QED) is 0.902. The maximum absolute atomic E-state index is 6.09. The van der Waals surface area contributed by atoms with Gasteiger partial charge in [-0.25, -0.2) is 0 Å². The molecule has 106 valence electrons. The summed E-state index contributed by atoms with van der Waals surface area (Å²) in [5.41, 5.74) is 10.2. The van der Waals surface area contributed by atoms with Gasteiger partial charge in [-0.3, -0.25) is 4.90 Å². The first kappa shape index (κ1) is 14.5. The predicted octanol–water partition coefficient (Wildman–Crippen LogP) is 3.42. The SMILES string of the molecule is Cc1ccc(C(CN)N2CCCC(C)C2C)cc1C. The van der Waals surface area contributed by atoms with E-state index in [1.54, 1.807) is 0 Å². The second-order valence-electron chi connectivity index (χ2n) is 6.19. The molecule has 1 aliphatic rings. The zero-order valence-corrected chi connectivity index (χ0v) is 12.8.